The van der Waals surface area contributed by atoms with Crippen molar-refractivity contribution < 1.29 is 14.6 Å². The van der Waals surface area contributed by atoms with E-state index in [9.17, 15) is 9.90 Å². The van der Waals surface area contributed by atoms with Crippen LogP contribution in [0, 0.1) is 11.3 Å². The Morgan fingerprint density at radius 1 is 1.47 bits per heavy atom. The molecule has 1 N–H and O–H groups in total. The Bertz CT molecular complexity index is 421. The fraction of sp³-hybridized carbons (Fsp3) is 0.500. The monoisotopic (exact) mass is 234 g/mol. The maximum atomic E-state index is 11.3. The Kier molecular flexibility index (Phi) is 3.09. The van der Waals surface area contributed by atoms with Gasteiger partial charge in [0.2, 0.25) is 0 Å². The number of aliphatic carboxylic acids is 1. The number of carboxylic acid groups (broad SMARTS) is 1. The quantitative estimate of drug-likeness (QED) is 0.852. The van der Waals surface area contributed by atoms with Crippen molar-refractivity contribution in [2.45, 2.75) is 26.2 Å². The van der Waals surface area contributed by atoms with Crippen molar-refractivity contribution in [3.05, 3.63) is 29.8 Å². The average Bonchev–Trinajstić information content (AvgIpc) is 3.05. The van der Waals surface area contributed by atoms with Crippen LogP contribution in [0.2, 0.25) is 0 Å². The van der Waals surface area contributed by atoms with Gasteiger partial charge in [0.05, 0.1) is 13.0 Å². The first-order chi connectivity index (χ1) is 8.07. The Balaban J connectivity index is 2.20. The smallest absolute Gasteiger partial charge is 0.307 e. The van der Waals surface area contributed by atoms with Gasteiger partial charge in [-0.15, -0.1) is 0 Å². The predicted molar refractivity (Wildman–Crippen MR) is 65.2 cm³/mol. The highest BCUT2D eigenvalue weighted by molar-refractivity contribution is 5.72. The average molecular weight is 234 g/mol. The third-order valence-electron chi connectivity index (χ3n) is 3.79. The van der Waals surface area contributed by atoms with E-state index < -0.39 is 5.97 Å². The summed E-state index contributed by atoms with van der Waals surface area (Å²) in [6.07, 6.45) is 2.58. The van der Waals surface area contributed by atoms with Crippen molar-refractivity contribution >= 4 is 5.97 Å². The molecule has 0 amide bonds. The molecule has 0 aliphatic heterocycles. The molecule has 1 aliphatic rings. The van der Waals surface area contributed by atoms with Gasteiger partial charge in [0, 0.05) is 0 Å². The molecule has 1 saturated carbocycles. The van der Waals surface area contributed by atoms with Crippen molar-refractivity contribution in [1.29, 1.82) is 0 Å². The highest BCUT2D eigenvalue weighted by atomic mass is 16.5. The molecular weight excluding hydrogens is 216 g/mol. The van der Waals surface area contributed by atoms with Crippen molar-refractivity contribution in [2.24, 2.45) is 11.3 Å². The van der Waals surface area contributed by atoms with Crippen LogP contribution in [0.3, 0.4) is 0 Å². The van der Waals surface area contributed by atoms with Crippen molar-refractivity contribution in [3.63, 3.8) is 0 Å². The van der Waals surface area contributed by atoms with E-state index in [1.165, 1.54) is 0 Å². The third-order valence-corrected chi connectivity index (χ3v) is 3.79. The van der Waals surface area contributed by atoms with Gasteiger partial charge in [0.1, 0.15) is 5.75 Å². The molecule has 1 aromatic carbocycles. The number of para-hydroxylation sites is 1. The summed E-state index contributed by atoms with van der Waals surface area (Å²) in [5, 5.41) is 9.33. The van der Waals surface area contributed by atoms with E-state index in [0.29, 0.717) is 6.42 Å². The molecule has 2 rings (SSSR count). The zero-order valence-electron chi connectivity index (χ0n) is 10.3. The molecule has 0 radical (unpaired) electrons. The summed E-state index contributed by atoms with van der Waals surface area (Å²) in [7, 11) is 1.62. The lowest BCUT2D eigenvalue weighted by Gasteiger charge is -2.20. The maximum Gasteiger partial charge on any atom is 0.307 e. The topological polar surface area (TPSA) is 46.5 Å². The van der Waals surface area contributed by atoms with Crippen LogP contribution in [0.5, 0.6) is 5.75 Å². The maximum absolute atomic E-state index is 11.3. The molecule has 0 bridgehead atoms. The first-order valence-corrected chi connectivity index (χ1v) is 5.91. The number of benzene rings is 1. The summed E-state index contributed by atoms with van der Waals surface area (Å²) in [6, 6.07) is 7.65. The SMILES string of the molecule is COc1ccccc1CC(C(=O)O)C1(C)CC1. The second-order valence-electron chi connectivity index (χ2n) is 5.06. The molecule has 3 nitrogen and oxygen atoms in total. The van der Waals surface area contributed by atoms with Crippen molar-refractivity contribution in [1.82, 2.24) is 0 Å². The van der Waals surface area contributed by atoms with Gasteiger partial charge in [-0.2, -0.15) is 0 Å². The molecule has 0 saturated heterocycles. The molecule has 17 heavy (non-hydrogen) atoms. The molecule has 0 aromatic heterocycles. The van der Waals surface area contributed by atoms with Gasteiger partial charge in [-0.25, -0.2) is 0 Å². The van der Waals surface area contributed by atoms with Crippen LogP contribution in [-0.4, -0.2) is 18.2 Å². The summed E-state index contributed by atoms with van der Waals surface area (Å²) in [6.45, 7) is 2.06. The van der Waals surface area contributed by atoms with Crippen molar-refractivity contribution in [3.8, 4) is 5.75 Å². The Hall–Kier alpha value is -1.51. The summed E-state index contributed by atoms with van der Waals surface area (Å²) in [5.74, 6) is -0.224. The minimum absolute atomic E-state index is 0.0211. The minimum Gasteiger partial charge on any atom is -0.496 e. The molecule has 1 aliphatic carbocycles. The van der Waals surface area contributed by atoms with E-state index in [-0.39, 0.29) is 11.3 Å². The number of ether oxygens (including phenoxy) is 1. The molecular formula is C14H18O3. The lowest BCUT2D eigenvalue weighted by Crippen LogP contribution is -2.25. The van der Waals surface area contributed by atoms with E-state index in [4.69, 9.17) is 4.74 Å². The number of hydrogen-bond donors (Lipinski definition) is 1. The summed E-state index contributed by atoms with van der Waals surface area (Å²) < 4.78 is 5.27. The number of rotatable bonds is 5. The second kappa shape index (κ2) is 4.40. The fourth-order valence-corrected chi connectivity index (χ4v) is 2.27. The normalized spacial score (nSPS) is 18.5. The van der Waals surface area contributed by atoms with Gasteiger partial charge in [-0.05, 0) is 36.3 Å². The summed E-state index contributed by atoms with van der Waals surface area (Å²) in [5.41, 5.74) is 0.961. The highest BCUT2D eigenvalue weighted by Gasteiger charge is 2.48. The molecule has 1 atom stereocenters. The van der Waals surface area contributed by atoms with Gasteiger partial charge >= 0.3 is 5.97 Å². The largest absolute Gasteiger partial charge is 0.496 e. The van der Waals surface area contributed by atoms with Gasteiger partial charge in [-0.1, -0.05) is 25.1 Å². The number of hydrogen-bond acceptors (Lipinski definition) is 2. The van der Waals surface area contributed by atoms with Crippen LogP contribution in [0.15, 0.2) is 24.3 Å². The van der Waals surface area contributed by atoms with Crippen molar-refractivity contribution in [2.75, 3.05) is 7.11 Å². The molecule has 1 aromatic rings. The second-order valence-corrected chi connectivity index (χ2v) is 5.06. The number of carboxylic acids is 1. The highest BCUT2D eigenvalue weighted by Crippen LogP contribution is 2.52. The van der Waals surface area contributed by atoms with Crippen LogP contribution in [0.4, 0.5) is 0 Å². The van der Waals surface area contributed by atoms with E-state index in [1.54, 1.807) is 7.11 Å². The molecule has 92 valence electrons. The van der Waals surface area contributed by atoms with Crippen LogP contribution < -0.4 is 4.74 Å². The Morgan fingerprint density at radius 2 is 2.12 bits per heavy atom. The number of carbonyl (C=O) groups is 1. The van der Waals surface area contributed by atoms with Gasteiger partial charge in [-0.3, -0.25) is 4.79 Å². The lowest BCUT2D eigenvalue weighted by molar-refractivity contribution is -0.144. The lowest BCUT2D eigenvalue weighted by atomic mass is 9.85. The summed E-state index contributed by atoms with van der Waals surface area (Å²) >= 11 is 0. The molecule has 1 unspecified atom stereocenters. The van der Waals surface area contributed by atoms with Crippen LogP contribution in [-0.2, 0) is 11.2 Å². The van der Waals surface area contributed by atoms with Crippen LogP contribution in [0.1, 0.15) is 25.3 Å². The zero-order valence-corrected chi connectivity index (χ0v) is 10.3. The van der Waals surface area contributed by atoms with E-state index in [2.05, 4.69) is 6.92 Å². The standard InChI is InChI=1S/C14H18O3/c1-14(7-8-14)11(13(15)16)9-10-5-3-4-6-12(10)17-2/h3-6,11H,7-9H2,1-2H3,(H,15,16). The van der Waals surface area contributed by atoms with E-state index in [0.717, 1.165) is 24.2 Å². The minimum atomic E-state index is -0.698. The van der Waals surface area contributed by atoms with Gasteiger partial charge in [0.15, 0.2) is 0 Å². The Morgan fingerprint density at radius 3 is 2.65 bits per heavy atom. The fourth-order valence-electron chi connectivity index (χ4n) is 2.27. The van der Waals surface area contributed by atoms with E-state index >= 15 is 0 Å². The molecule has 0 spiro atoms. The zero-order chi connectivity index (χ0) is 12.5. The molecule has 3 heteroatoms. The first kappa shape index (κ1) is 12.0. The third kappa shape index (κ3) is 2.43. The predicted octanol–water partition coefficient (Wildman–Crippen LogP) is 2.74. The van der Waals surface area contributed by atoms with Crippen LogP contribution >= 0.6 is 0 Å². The van der Waals surface area contributed by atoms with E-state index in [1.807, 2.05) is 24.3 Å². The first-order valence-electron chi connectivity index (χ1n) is 5.91. The molecule has 0 heterocycles. The van der Waals surface area contributed by atoms with Crippen LogP contribution in [0.25, 0.3) is 0 Å². The van der Waals surface area contributed by atoms with Gasteiger partial charge < -0.3 is 9.84 Å². The number of methoxy groups -OCH3 is 1. The Labute approximate surface area is 101 Å². The van der Waals surface area contributed by atoms with Gasteiger partial charge in [0.25, 0.3) is 0 Å². The molecule has 1 fully saturated rings. The summed E-state index contributed by atoms with van der Waals surface area (Å²) in [4.78, 5) is 11.3.